The van der Waals surface area contributed by atoms with Crippen LogP contribution >= 0.6 is 15.9 Å². The zero-order valence-electron chi connectivity index (χ0n) is 9.13. The summed E-state index contributed by atoms with van der Waals surface area (Å²) in [4.78, 5) is 7.35. The number of halogens is 1. The number of benzene rings is 1. The first kappa shape index (κ1) is 11.4. The molecule has 0 bridgehead atoms. The topological polar surface area (TPSA) is 40.7 Å². The lowest BCUT2D eigenvalue weighted by Crippen LogP contribution is -2.13. The number of nitrogens with one attached hydrogen (secondary N) is 2. The summed E-state index contributed by atoms with van der Waals surface area (Å²) in [5.74, 6) is 0.956. The molecule has 2 N–H and O–H groups in total. The number of nitrogens with zero attached hydrogens (tertiary/aromatic N) is 1. The van der Waals surface area contributed by atoms with Gasteiger partial charge in [0.15, 0.2) is 0 Å². The third-order valence-corrected chi connectivity index (χ3v) is 3.12. The first-order chi connectivity index (χ1) is 7.75. The van der Waals surface area contributed by atoms with E-state index in [1.807, 2.05) is 25.3 Å². The molecule has 0 atom stereocenters. The fourth-order valence-electron chi connectivity index (χ4n) is 1.54. The van der Waals surface area contributed by atoms with Crippen molar-refractivity contribution in [3.8, 4) is 0 Å². The number of aromatic amines is 1. The summed E-state index contributed by atoms with van der Waals surface area (Å²) in [5.41, 5.74) is 2.38. The second kappa shape index (κ2) is 5.27. The van der Waals surface area contributed by atoms with Crippen molar-refractivity contribution in [3.05, 3.63) is 52.0 Å². The first-order valence-electron chi connectivity index (χ1n) is 5.20. The van der Waals surface area contributed by atoms with Crippen molar-refractivity contribution in [3.63, 3.8) is 0 Å². The van der Waals surface area contributed by atoms with Gasteiger partial charge in [0.2, 0.25) is 0 Å². The third kappa shape index (κ3) is 2.93. The fourth-order valence-corrected chi connectivity index (χ4v) is 1.96. The Morgan fingerprint density at radius 1 is 1.31 bits per heavy atom. The monoisotopic (exact) mass is 279 g/mol. The molecule has 84 valence electrons. The summed E-state index contributed by atoms with van der Waals surface area (Å²) < 4.78 is 1.14. The minimum atomic E-state index is 0.808. The largest absolute Gasteiger partial charge is 0.345 e. The highest BCUT2D eigenvalue weighted by atomic mass is 79.9. The van der Waals surface area contributed by atoms with Gasteiger partial charge in [0.25, 0.3) is 0 Å². The number of aromatic nitrogens is 2. The standard InChI is InChI=1S/C12H14BrN3/c1-9-15-8-11(16-9)7-14-6-10-4-2-3-5-12(10)13/h2-5,8,14H,6-7H2,1H3,(H,15,16). The highest BCUT2D eigenvalue weighted by molar-refractivity contribution is 9.10. The summed E-state index contributed by atoms with van der Waals surface area (Å²) in [5, 5.41) is 3.37. The number of hydrogen-bond acceptors (Lipinski definition) is 2. The van der Waals surface area contributed by atoms with Crippen LogP contribution in [0.3, 0.4) is 0 Å². The van der Waals surface area contributed by atoms with Crippen LogP contribution in [-0.4, -0.2) is 9.97 Å². The molecule has 0 saturated carbocycles. The van der Waals surface area contributed by atoms with Crippen molar-refractivity contribution in [1.82, 2.24) is 15.3 Å². The van der Waals surface area contributed by atoms with E-state index in [2.05, 4.69) is 43.3 Å². The van der Waals surface area contributed by atoms with Gasteiger partial charge in [0.1, 0.15) is 5.82 Å². The predicted octanol–water partition coefficient (Wildman–Crippen LogP) is 2.77. The van der Waals surface area contributed by atoms with Crippen molar-refractivity contribution in [1.29, 1.82) is 0 Å². The summed E-state index contributed by atoms with van der Waals surface area (Å²) in [6, 6.07) is 8.22. The quantitative estimate of drug-likeness (QED) is 0.904. The molecule has 3 nitrogen and oxygen atoms in total. The molecule has 2 rings (SSSR count). The van der Waals surface area contributed by atoms with Gasteiger partial charge in [-0.15, -0.1) is 0 Å². The molecule has 0 aliphatic rings. The molecule has 2 aromatic rings. The lowest BCUT2D eigenvalue weighted by molar-refractivity contribution is 0.680. The molecule has 0 aliphatic heterocycles. The van der Waals surface area contributed by atoms with E-state index >= 15 is 0 Å². The van der Waals surface area contributed by atoms with E-state index in [0.29, 0.717) is 0 Å². The van der Waals surface area contributed by atoms with E-state index in [1.165, 1.54) is 5.56 Å². The van der Waals surface area contributed by atoms with Crippen LogP contribution in [0.15, 0.2) is 34.9 Å². The van der Waals surface area contributed by atoms with Crippen LogP contribution in [-0.2, 0) is 13.1 Å². The zero-order chi connectivity index (χ0) is 11.4. The van der Waals surface area contributed by atoms with Crippen LogP contribution in [0, 0.1) is 6.92 Å². The second-order valence-electron chi connectivity index (χ2n) is 3.69. The minimum absolute atomic E-state index is 0.808. The van der Waals surface area contributed by atoms with Gasteiger partial charge in [0, 0.05) is 29.5 Å². The van der Waals surface area contributed by atoms with E-state index in [0.717, 1.165) is 29.1 Å². The number of H-pyrrole nitrogens is 1. The molecule has 1 heterocycles. The molecule has 0 radical (unpaired) electrons. The van der Waals surface area contributed by atoms with Gasteiger partial charge in [-0.25, -0.2) is 4.98 Å². The molecule has 1 aromatic carbocycles. The average Bonchev–Trinajstić information content (AvgIpc) is 2.67. The smallest absolute Gasteiger partial charge is 0.103 e. The Balaban J connectivity index is 1.87. The molecule has 0 unspecified atom stereocenters. The van der Waals surface area contributed by atoms with Crippen LogP contribution in [0.2, 0.25) is 0 Å². The molecule has 0 amide bonds. The molecular formula is C12H14BrN3. The zero-order valence-corrected chi connectivity index (χ0v) is 10.7. The fraction of sp³-hybridized carbons (Fsp3) is 0.250. The Kier molecular flexibility index (Phi) is 3.74. The van der Waals surface area contributed by atoms with Crippen LogP contribution in [0.1, 0.15) is 17.1 Å². The minimum Gasteiger partial charge on any atom is -0.345 e. The van der Waals surface area contributed by atoms with Gasteiger partial charge in [-0.05, 0) is 18.6 Å². The highest BCUT2D eigenvalue weighted by Gasteiger charge is 1.99. The van der Waals surface area contributed by atoms with E-state index < -0.39 is 0 Å². The highest BCUT2D eigenvalue weighted by Crippen LogP contribution is 2.15. The van der Waals surface area contributed by atoms with E-state index in [4.69, 9.17) is 0 Å². The van der Waals surface area contributed by atoms with Gasteiger partial charge in [-0.1, -0.05) is 34.1 Å². The van der Waals surface area contributed by atoms with Crippen molar-refractivity contribution in [2.24, 2.45) is 0 Å². The second-order valence-corrected chi connectivity index (χ2v) is 4.54. The summed E-state index contributed by atoms with van der Waals surface area (Å²) in [6.45, 7) is 3.61. The van der Waals surface area contributed by atoms with Crippen molar-refractivity contribution >= 4 is 15.9 Å². The molecule has 1 aromatic heterocycles. The summed E-state index contributed by atoms with van der Waals surface area (Å²) >= 11 is 3.53. The number of hydrogen-bond donors (Lipinski definition) is 2. The number of aryl methyl sites for hydroxylation is 1. The maximum Gasteiger partial charge on any atom is 0.103 e. The Morgan fingerprint density at radius 2 is 2.12 bits per heavy atom. The number of imidazole rings is 1. The number of rotatable bonds is 4. The normalized spacial score (nSPS) is 10.6. The predicted molar refractivity (Wildman–Crippen MR) is 68.0 cm³/mol. The molecule has 0 saturated heterocycles. The van der Waals surface area contributed by atoms with E-state index in [1.54, 1.807) is 0 Å². The summed E-state index contributed by atoms with van der Waals surface area (Å²) in [7, 11) is 0. The molecule has 0 fully saturated rings. The molecule has 16 heavy (non-hydrogen) atoms. The Hall–Kier alpha value is -1.13. The van der Waals surface area contributed by atoms with Crippen molar-refractivity contribution < 1.29 is 0 Å². The van der Waals surface area contributed by atoms with Gasteiger partial charge < -0.3 is 10.3 Å². The SMILES string of the molecule is Cc1ncc(CNCc2ccccc2Br)[nH]1. The lowest BCUT2D eigenvalue weighted by atomic mass is 10.2. The maximum absolute atomic E-state index is 4.16. The Bertz CT molecular complexity index is 465. The van der Waals surface area contributed by atoms with Gasteiger partial charge in [-0.3, -0.25) is 0 Å². The summed E-state index contributed by atoms with van der Waals surface area (Å²) in [6.07, 6.45) is 1.86. The van der Waals surface area contributed by atoms with Crippen LogP contribution < -0.4 is 5.32 Å². The molecule has 0 aliphatic carbocycles. The van der Waals surface area contributed by atoms with Crippen molar-refractivity contribution in [2.45, 2.75) is 20.0 Å². The van der Waals surface area contributed by atoms with Gasteiger partial charge >= 0.3 is 0 Å². The van der Waals surface area contributed by atoms with Crippen molar-refractivity contribution in [2.75, 3.05) is 0 Å². The Labute approximate surface area is 103 Å². The van der Waals surface area contributed by atoms with Gasteiger partial charge in [-0.2, -0.15) is 0 Å². The first-order valence-corrected chi connectivity index (χ1v) is 5.99. The molecular weight excluding hydrogens is 266 g/mol. The van der Waals surface area contributed by atoms with E-state index in [9.17, 15) is 0 Å². The lowest BCUT2D eigenvalue weighted by Gasteiger charge is -2.05. The van der Waals surface area contributed by atoms with E-state index in [-0.39, 0.29) is 0 Å². The van der Waals surface area contributed by atoms with Crippen LogP contribution in [0.4, 0.5) is 0 Å². The molecule has 4 heteroatoms. The molecule has 0 spiro atoms. The van der Waals surface area contributed by atoms with Crippen LogP contribution in [0.5, 0.6) is 0 Å². The van der Waals surface area contributed by atoms with Gasteiger partial charge in [0.05, 0.1) is 0 Å². The van der Waals surface area contributed by atoms with Crippen LogP contribution in [0.25, 0.3) is 0 Å². The average molecular weight is 280 g/mol. The Morgan fingerprint density at radius 3 is 2.81 bits per heavy atom. The third-order valence-electron chi connectivity index (χ3n) is 2.34. The maximum atomic E-state index is 4.16.